The van der Waals surface area contributed by atoms with E-state index in [4.69, 9.17) is 0 Å². The highest BCUT2D eigenvalue weighted by Crippen LogP contribution is 2.12. The molecule has 0 aromatic carbocycles. The highest BCUT2D eigenvalue weighted by atomic mass is 16.1. The summed E-state index contributed by atoms with van der Waals surface area (Å²) >= 11 is 0. The fourth-order valence-corrected chi connectivity index (χ4v) is 0.665. The molecular weight excluding hydrogens is 128 g/mol. The normalized spacial score (nSPS) is 27.2. The number of hydrogen-bond donors (Lipinski definition) is 1. The Kier molecular flexibility index (Phi) is 6.61. The topological polar surface area (TPSA) is 46.1 Å². The molecule has 1 saturated heterocycles. The molecule has 0 aliphatic carbocycles. The number of carbonyl (C=O) groups is 1. The lowest BCUT2D eigenvalue weighted by atomic mass is 10.3. The van der Waals surface area contributed by atoms with E-state index in [1.165, 1.54) is 7.05 Å². The van der Waals surface area contributed by atoms with Crippen molar-refractivity contribution in [3.63, 3.8) is 0 Å². The minimum absolute atomic E-state index is 0. The van der Waals surface area contributed by atoms with Crippen LogP contribution in [-0.2, 0) is 4.79 Å². The average molecular weight is 146 g/mol. The van der Waals surface area contributed by atoms with Gasteiger partial charge >= 0.3 is 0 Å². The highest BCUT2D eigenvalue weighted by molar-refractivity contribution is 5.84. The lowest BCUT2D eigenvalue weighted by Gasteiger charge is -1.83. The van der Waals surface area contributed by atoms with Crippen LogP contribution in [0, 0.1) is 0 Å². The van der Waals surface area contributed by atoms with Gasteiger partial charge in [-0.2, -0.15) is 0 Å². The van der Waals surface area contributed by atoms with E-state index in [9.17, 15) is 4.79 Å². The van der Waals surface area contributed by atoms with Gasteiger partial charge in [0.05, 0.1) is 6.04 Å². The Bertz CT molecular complexity index is 104. The van der Waals surface area contributed by atoms with Gasteiger partial charge in [0.2, 0.25) is 0 Å². The Balaban J connectivity index is 0. The molecule has 1 fully saturated rings. The SMILES string of the molecule is C.CC(=O)C1CN1C.CN. The van der Waals surface area contributed by atoms with E-state index in [2.05, 4.69) is 5.73 Å². The molecule has 0 amide bonds. The third-order valence-electron chi connectivity index (χ3n) is 1.33. The van der Waals surface area contributed by atoms with Crippen LogP contribution in [0.4, 0.5) is 0 Å². The van der Waals surface area contributed by atoms with Crippen molar-refractivity contribution >= 4 is 5.78 Å². The molecular formula is C7H18N2O. The number of likely N-dealkylation sites (N-methyl/N-ethyl adjacent to an activating group) is 1. The van der Waals surface area contributed by atoms with Crippen molar-refractivity contribution in [2.45, 2.75) is 20.4 Å². The second kappa shape index (κ2) is 5.38. The Labute approximate surface area is 63.2 Å². The Hall–Kier alpha value is -0.410. The molecule has 2 atom stereocenters. The summed E-state index contributed by atoms with van der Waals surface area (Å²) in [7, 11) is 3.45. The zero-order valence-corrected chi connectivity index (χ0v) is 6.22. The van der Waals surface area contributed by atoms with E-state index >= 15 is 0 Å². The maximum atomic E-state index is 10.4. The monoisotopic (exact) mass is 146 g/mol. The summed E-state index contributed by atoms with van der Waals surface area (Å²) in [6, 6.07) is 0.264. The van der Waals surface area contributed by atoms with Crippen molar-refractivity contribution in [1.29, 1.82) is 0 Å². The predicted molar refractivity (Wildman–Crippen MR) is 43.9 cm³/mol. The van der Waals surface area contributed by atoms with Crippen LogP contribution in [0.5, 0.6) is 0 Å². The molecule has 0 radical (unpaired) electrons. The van der Waals surface area contributed by atoms with Crippen LogP contribution < -0.4 is 5.73 Å². The van der Waals surface area contributed by atoms with E-state index in [0.29, 0.717) is 5.78 Å². The molecule has 1 aliphatic rings. The molecule has 3 nitrogen and oxygen atoms in total. The number of nitrogens with zero attached hydrogens (tertiary/aromatic N) is 1. The molecule has 1 aliphatic heterocycles. The number of carbonyl (C=O) groups excluding carboxylic acids is 1. The number of Topliss-reactive ketones (excluding diaryl/α,β-unsaturated/α-hetero) is 1. The summed E-state index contributed by atoms with van der Waals surface area (Å²) in [6.45, 7) is 2.60. The van der Waals surface area contributed by atoms with Crippen LogP contribution in [0.25, 0.3) is 0 Å². The first kappa shape index (κ1) is 12.3. The summed E-state index contributed by atoms with van der Waals surface area (Å²) in [5.74, 6) is 0.294. The van der Waals surface area contributed by atoms with Gasteiger partial charge in [0.15, 0.2) is 0 Å². The van der Waals surface area contributed by atoms with Crippen molar-refractivity contribution in [2.24, 2.45) is 5.73 Å². The fourth-order valence-electron chi connectivity index (χ4n) is 0.665. The van der Waals surface area contributed by atoms with Crippen molar-refractivity contribution in [2.75, 3.05) is 20.6 Å². The second-order valence-electron chi connectivity index (χ2n) is 2.07. The van der Waals surface area contributed by atoms with Crippen molar-refractivity contribution < 1.29 is 4.79 Å². The number of rotatable bonds is 1. The molecule has 2 unspecified atom stereocenters. The van der Waals surface area contributed by atoms with Gasteiger partial charge in [-0.1, -0.05) is 7.43 Å². The maximum Gasteiger partial charge on any atom is 0.148 e. The average Bonchev–Trinajstić information content (AvgIpc) is 2.52. The summed E-state index contributed by atoms with van der Waals surface area (Å²) < 4.78 is 0. The largest absolute Gasteiger partial charge is 0.333 e. The number of ketones is 1. The van der Waals surface area contributed by atoms with Gasteiger partial charge in [-0.05, 0) is 21.0 Å². The Morgan fingerprint density at radius 1 is 1.60 bits per heavy atom. The smallest absolute Gasteiger partial charge is 0.148 e. The maximum absolute atomic E-state index is 10.4. The van der Waals surface area contributed by atoms with Crippen molar-refractivity contribution in [1.82, 2.24) is 4.90 Å². The van der Waals surface area contributed by atoms with Crippen LogP contribution >= 0.6 is 0 Å². The van der Waals surface area contributed by atoms with Gasteiger partial charge in [0.1, 0.15) is 5.78 Å². The minimum Gasteiger partial charge on any atom is -0.333 e. The van der Waals surface area contributed by atoms with Gasteiger partial charge in [-0.25, -0.2) is 0 Å². The third-order valence-corrected chi connectivity index (χ3v) is 1.33. The van der Waals surface area contributed by atoms with E-state index in [1.54, 1.807) is 6.92 Å². The first-order valence-corrected chi connectivity index (χ1v) is 3.00. The Morgan fingerprint density at radius 3 is 1.90 bits per heavy atom. The predicted octanol–water partition coefficient (Wildman–Crippen LogP) is 0.100. The zero-order chi connectivity index (χ0) is 7.44. The molecule has 0 aromatic rings. The van der Waals surface area contributed by atoms with E-state index in [1.807, 2.05) is 11.9 Å². The van der Waals surface area contributed by atoms with Gasteiger partial charge in [-0.15, -0.1) is 0 Å². The zero-order valence-electron chi connectivity index (χ0n) is 6.22. The standard InChI is InChI=1S/C5H9NO.CH5N.CH4/c1-4(7)5-3-6(5)2;1-2;/h5H,3H2,1-2H3;2H2,1H3;1H4. The van der Waals surface area contributed by atoms with E-state index < -0.39 is 0 Å². The molecule has 10 heavy (non-hydrogen) atoms. The second-order valence-corrected chi connectivity index (χ2v) is 2.07. The van der Waals surface area contributed by atoms with Crippen LogP contribution in [0.1, 0.15) is 14.4 Å². The third kappa shape index (κ3) is 3.58. The van der Waals surface area contributed by atoms with Gasteiger partial charge in [0, 0.05) is 6.54 Å². The first-order chi connectivity index (χ1) is 4.22. The van der Waals surface area contributed by atoms with Gasteiger partial charge in [-0.3, -0.25) is 9.69 Å². The fraction of sp³-hybridized carbons (Fsp3) is 0.857. The summed E-state index contributed by atoms with van der Waals surface area (Å²) in [6.07, 6.45) is 0. The molecule has 0 bridgehead atoms. The quantitative estimate of drug-likeness (QED) is 0.534. The Morgan fingerprint density at radius 2 is 1.90 bits per heavy atom. The summed E-state index contributed by atoms with van der Waals surface area (Å²) in [4.78, 5) is 12.4. The molecule has 3 heteroatoms. The molecule has 1 rings (SSSR count). The van der Waals surface area contributed by atoms with Crippen molar-refractivity contribution in [3.8, 4) is 0 Å². The van der Waals surface area contributed by atoms with E-state index in [0.717, 1.165) is 6.54 Å². The van der Waals surface area contributed by atoms with Crippen LogP contribution in [0.15, 0.2) is 0 Å². The highest BCUT2D eigenvalue weighted by Gasteiger charge is 2.33. The van der Waals surface area contributed by atoms with Crippen LogP contribution in [-0.4, -0.2) is 37.4 Å². The number of hydrogen-bond acceptors (Lipinski definition) is 3. The van der Waals surface area contributed by atoms with Crippen LogP contribution in [0.2, 0.25) is 0 Å². The summed E-state index contributed by atoms with van der Waals surface area (Å²) in [5.41, 5.74) is 4.50. The minimum atomic E-state index is 0. The molecule has 0 saturated carbocycles. The van der Waals surface area contributed by atoms with E-state index in [-0.39, 0.29) is 13.5 Å². The lowest BCUT2D eigenvalue weighted by Crippen LogP contribution is -2.04. The molecule has 1 heterocycles. The summed E-state index contributed by atoms with van der Waals surface area (Å²) in [5, 5.41) is 0. The molecule has 0 aromatic heterocycles. The molecule has 62 valence electrons. The number of nitrogens with two attached hydrogens (primary N) is 1. The molecule has 0 spiro atoms. The van der Waals surface area contributed by atoms with Crippen LogP contribution in [0.3, 0.4) is 0 Å². The molecule has 2 N–H and O–H groups in total. The van der Waals surface area contributed by atoms with Gasteiger partial charge in [0.25, 0.3) is 0 Å². The first-order valence-electron chi connectivity index (χ1n) is 3.00. The van der Waals surface area contributed by atoms with Crippen molar-refractivity contribution in [3.05, 3.63) is 0 Å². The van der Waals surface area contributed by atoms with Gasteiger partial charge < -0.3 is 5.73 Å². The lowest BCUT2D eigenvalue weighted by molar-refractivity contribution is -0.117.